The second-order valence-electron chi connectivity index (χ2n) is 7.74. The highest BCUT2D eigenvalue weighted by atomic mass is 16.2. The number of likely N-dealkylation sites (N-methyl/N-ethyl adjacent to an activating group) is 1. The Morgan fingerprint density at radius 1 is 1.04 bits per heavy atom. The summed E-state index contributed by atoms with van der Waals surface area (Å²) in [6.07, 6.45) is 0.942. The van der Waals surface area contributed by atoms with Gasteiger partial charge in [0.25, 0.3) is 0 Å². The monoisotopic (exact) mass is 374 g/mol. The van der Waals surface area contributed by atoms with Gasteiger partial charge in [0, 0.05) is 31.6 Å². The predicted molar refractivity (Wildman–Crippen MR) is 113 cm³/mol. The van der Waals surface area contributed by atoms with Crippen LogP contribution >= 0.6 is 0 Å². The van der Waals surface area contributed by atoms with E-state index in [1.807, 2.05) is 68.3 Å². The Morgan fingerprint density at radius 3 is 2.36 bits per heavy atom. The quantitative estimate of drug-likeness (QED) is 0.693. The highest BCUT2D eigenvalue weighted by Crippen LogP contribution is 2.32. The summed E-state index contributed by atoms with van der Waals surface area (Å²) in [6, 6.07) is 18.4. The van der Waals surface area contributed by atoms with Crippen LogP contribution in [-0.4, -0.2) is 47.0 Å². The van der Waals surface area contributed by atoms with Crippen LogP contribution in [0.5, 0.6) is 0 Å². The van der Waals surface area contributed by atoms with E-state index in [4.69, 9.17) is 9.97 Å². The van der Waals surface area contributed by atoms with Crippen LogP contribution < -0.4 is 4.90 Å². The van der Waals surface area contributed by atoms with E-state index in [2.05, 4.69) is 17.0 Å². The van der Waals surface area contributed by atoms with Crippen molar-refractivity contribution in [3.63, 3.8) is 0 Å². The van der Waals surface area contributed by atoms with E-state index in [1.165, 1.54) is 0 Å². The second-order valence-corrected chi connectivity index (χ2v) is 7.74. The molecule has 0 radical (unpaired) electrons. The number of amides is 1. The SMILES string of the molecule is CC(C)C(=O)N(C)[C@H]1CCN(c2nc3ccccc3nc2-c2ccccc2)C1. The summed E-state index contributed by atoms with van der Waals surface area (Å²) >= 11 is 0. The molecule has 2 aromatic carbocycles. The van der Waals surface area contributed by atoms with Crippen molar-refractivity contribution in [3.05, 3.63) is 54.6 Å². The number of rotatable bonds is 4. The lowest BCUT2D eigenvalue weighted by molar-refractivity contribution is -0.134. The number of para-hydroxylation sites is 2. The summed E-state index contributed by atoms with van der Waals surface area (Å²) in [4.78, 5) is 26.5. The molecule has 1 amide bonds. The van der Waals surface area contributed by atoms with Crippen molar-refractivity contribution in [3.8, 4) is 11.3 Å². The first kappa shape index (κ1) is 18.4. The maximum absolute atomic E-state index is 12.4. The normalized spacial score (nSPS) is 16.7. The van der Waals surface area contributed by atoms with Crippen LogP contribution in [0.4, 0.5) is 5.82 Å². The van der Waals surface area contributed by atoms with Crippen LogP contribution in [0.15, 0.2) is 54.6 Å². The topological polar surface area (TPSA) is 49.3 Å². The van der Waals surface area contributed by atoms with Crippen LogP contribution in [0.2, 0.25) is 0 Å². The molecule has 4 rings (SSSR count). The molecule has 0 spiro atoms. The summed E-state index contributed by atoms with van der Waals surface area (Å²) in [6.45, 7) is 5.55. The first-order valence-corrected chi connectivity index (χ1v) is 9.88. The third-order valence-corrected chi connectivity index (χ3v) is 5.45. The van der Waals surface area contributed by atoms with E-state index in [0.29, 0.717) is 0 Å². The lowest BCUT2D eigenvalue weighted by Gasteiger charge is -2.27. The number of hydrogen-bond acceptors (Lipinski definition) is 4. The van der Waals surface area contributed by atoms with Gasteiger partial charge in [-0.3, -0.25) is 4.79 Å². The van der Waals surface area contributed by atoms with E-state index >= 15 is 0 Å². The zero-order valence-corrected chi connectivity index (χ0v) is 16.7. The standard InChI is InChI=1S/C23H26N4O/c1-16(2)23(28)26(3)18-13-14-27(15-18)22-21(17-9-5-4-6-10-17)24-19-11-7-8-12-20(19)25-22/h4-12,16,18H,13-15H2,1-3H3/t18-/m0/s1. The number of hydrogen-bond donors (Lipinski definition) is 0. The zero-order valence-electron chi connectivity index (χ0n) is 16.7. The number of benzene rings is 2. The fourth-order valence-corrected chi connectivity index (χ4v) is 3.84. The molecular formula is C23H26N4O. The van der Waals surface area contributed by atoms with Crippen molar-refractivity contribution in [1.82, 2.24) is 14.9 Å². The largest absolute Gasteiger partial charge is 0.353 e. The summed E-state index contributed by atoms with van der Waals surface area (Å²) in [5, 5.41) is 0. The number of fused-ring (bicyclic) bond motifs is 1. The van der Waals surface area contributed by atoms with Gasteiger partial charge in [0.2, 0.25) is 5.91 Å². The second kappa shape index (κ2) is 7.58. The van der Waals surface area contributed by atoms with Crippen molar-refractivity contribution in [1.29, 1.82) is 0 Å². The molecule has 0 bridgehead atoms. The van der Waals surface area contributed by atoms with Gasteiger partial charge in [0.1, 0.15) is 5.69 Å². The highest BCUT2D eigenvalue weighted by molar-refractivity contribution is 5.84. The zero-order chi connectivity index (χ0) is 19.7. The lowest BCUT2D eigenvalue weighted by Crippen LogP contribution is -2.41. The van der Waals surface area contributed by atoms with E-state index < -0.39 is 0 Å². The minimum Gasteiger partial charge on any atom is -0.353 e. The lowest BCUT2D eigenvalue weighted by atomic mass is 10.1. The predicted octanol–water partition coefficient (Wildman–Crippen LogP) is 3.99. The van der Waals surface area contributed by atoms with E-state index in [0.717, 1.165) is 47.6 Å². The van der Waals surface area contributed by atoms with E-state index in [1.54, 1.807) is 0 Å². The molecule has 3 aromatic rings. The number of nitrogens with zero attached hydrogens (tertiary/aromatic N) is 4. The maximum Gasteiger partial charge on any atom is 0.225 e. The van der Waals surface area contributed by atoms with Crippen LogP contribution in [0.1, 0.15) is 20.3 Å². The first-order chi connectivity index (χ1) is 13.5. The number of anilines is 1. The fraction of sp³-hybridized carbons (Fsp3) is 0.348. The molecule has 144 valence electrons. The van der Waals surface area contributed by atoms with Gasteiger partial charge in [-0.15, -0.1) is 0 Å². The van der Waals surface area contributed by atoms with Gasteiger partial charge >= 0.3 is 0 Å². The molecule has 28 heavy (non-hydrogen) atoms. The summed E-state index contributed by atoms with van der Waals surface area (Å²) < 4.78 is 0. The smallest absolute Gasteiger partial charge is 0.225 e. The van der Waals surface area contributed by atoms with Crippen molar-refractivity contribution in [2.45, 2.75) is 26.3 Å². The average molecular weight is 374 g/mol. The highest BCUT2D eigenvalue weighted by Gasteiger charge is 2.31. The molecule has 0 unspecified atom stereocenters. The van der Waals surface area contributed by atoms with Crippen molar-refractivity contribution < 1.29 is 4.79 Å². The molecule has 0 aliphatic carbocycles. The van der Waals surface area contributed by atoms with Gasteiger partial charge in [-0.05, 0) is 18.6 Å². The van der Waals surface area contributed by atoms with Crippen LogP contribution in [-0.2, 0) is 4.79 Å². The van der Waals surface area contributed by atoms with Crippen molar-refractivity contribution in [2.24, 2.45) is 5.92 Å². The summed E-state index contributed by atoms with van der Waals surface area (Å²) in [5.41, 5.74) is 3.75. The van der Waals surface area contributed by atoms with Crippen molar-refractivity contribution >= 4 is 22.8 Å². The molecule has 1 aromatic heterocycles. The molecule has 2 heterocycles. The Bertz CT molecular complexity index is 986. The van der Waals surface area contributed by atoms with Gasteiger partial charge in [-0.25, -0.2) is 9.97 Å². The molecule has 1 aliphatic heterocycles. The Hall–Kier alpha value is -2.95. The Balaban J connectivity index is 1.71. The molecule has 0 saturated carbocycles. The number of aromatic nitrogens is 2. The molecule has 1 saturated heterocycles. The Morgan fingerprint density at radius 2 is 1.68 bits per heavy atom. The third kappa shape index (κ3) is 3.44. The molecule has 1 fully saturated rings. The molecule has 5 nitrogen and oxygen atoms in total. The molecule has 0 N–H and O–H groups in total. The molecule has 1 aliphatic rings. The van der Waals surface area contributed by atoms with Crippen LogP contribution in [0.3, 0.4) is 0 Å². The average Bonchev–Trinajstić information content (AvgIpc) is 3.22. The summed E-state index contributed by atoms with van der Waals surface area (Å²) in [5.74, 6) is 1.11. The van der Waals surface area contributed by atoms with E-state index in [-0.39, 0.29) is 17.9 Å². The van der Waals surface area contributed by atoms with Crippen LogP contribution in [0.25, 0.3) is 22.3 Å². The Labute approximate surface area is 166 Å². The molecular weight excluding hydrogens is 348 g/mol. The number of carbonyl (C=O) groups is 1. The number of carbonyl (C=O) groups excluding carboxylic acids is 1. The van der Waals surface area contributed by atoms with Crippen LogP contribution in [0, 0.1) is 5.92 Å². The van der Waals surface area contributed by atoms with Gasteiger partial charge in [0.15, 0.2) is 5.82 Å². The fourth-order valence-electron chi connectivity index (χ4n) is 3.84. The Kier molecular flexibility index (Phi) is 4.99. The molecule has 5 heteroatoms. The van der Waals surface area contributed by atoms with Gasteiger partial charge in [-0.1, -0.05) is 56.3 Å². The maximum atomic E-state index is 12.4. The van der Waals surface area contributed by atoms with Gasteiger partial charge < -0.3 is 9.80 Å². The third-order valence-electron chi connectivity index (χ3n) is 5.45. The van der Waals surface area contributed by atoms with Crippen molar-refractivity contribution in [2.75, 3.05) is 25.0 Å². The minimum atomic E-state index is 0.0133. The van der Waals surface area contributed by atoms with Gasteiger partial charge in [-0.2, -0.15) is 0 Å². The minimum absolute atomic E-state index is 0.0133. The van der Waals surface area contributed by atoms with Gasteiger partial charge in [0.05, 0.1) is 17.1 Å². The summed E-state index contributed by atoms with van der Waals surface area (Å²) in [7, 11) is 1.92. The first-order valence-electron chi connectivity index (χ1n) is 9.88. The molecule has 1 atom stereocenters. The van der Waals surface area contributed by atoms with E-state index in [9.17, 15) is 4.79 Å².